The second-order valence-corrected chi connectivity index (χ2v) is 6.43. The summed E-state index contributed by atoms with van der Waals surface area (Å²) in [6.07, 6.45) is 7.20. The highest BCUT2D eigenvalue weighted by Gasteiger charge is 2.28. The summed E-state index contributed by atoms with van der Waals surface area (Å²) in [5.41, 5.74) is 2.00. The second kappa shape index (κ2) is 5.44. The van der Waals surface area contributed by atoms with Crippen molar-refractivity contribution >= 4 is 17.3 Å². The highest BCUT2D eigenvalue weighted by Crippen LogP contribution is 2.38. The SMILES string of the molecule is CCOC(=O)c1c(-n2cccc2)sc2c1CCC(C)C2. The molecule has 0 radical (unpaired) electrons. The van der Waals surface area contributed by atoms with Gasteiger partial charge in [-0.3, -0.25) is 0 Å². The molecule has 2 aromatic heterocycles. The lowest BCUT2D eigenvalue weighted by Crippen LogP contribution is -2.14. The van der Waals surface area contributed by atoms with E-state index in [1.807, 2.05) is 36.0 Å². The number of carbonyl (C=O) groups is 1. The smallest absolute Gasteiger partial charge is 0.341 e. The van der Waals surface area contributed by atoms with Crippen LogP contribution in [0.15, 0.2) is 24.5 Å². The average Bonchev–Trinajstić information content (AvgIpc) is 3.04. The van der Waals surface area contributed by atoms with Gasteiger partial charge in [0.1, 0.15) is 5.00 Å². The Morgan fingerprint density at radius 3 is 2.90 bits per heavy atom. The van der Waals surface area contributed by atoms with E-state index >= 15 is 0 Å². The summed E-state index contributed by atoms with van der Waals surface area (Å²) in [4.78, 5) is 13.7. The Hall–Kier alpha value is -1.55. The van der Waals surface area contributed by atoms with Crippen LogP contribution in [0.3, 0.4) is 0 Å². The van der Waals surface area contributed by atoms with Gasteiger partial charge in [-0.2, -0.15) is 0 Å². The fourth-order valence-electron chi connectivity index (χ4n) is 2.80. The Labute approximate surface area is 123 Å². The standard InChI is InChI=1S/C16H19NO2S/c1-3-19-16(18)14-12-7-6-11(2)10-13(12)20-15(14)17-8-4-5-9-17/h4-5,8-9,11H,3,6-7,10H2,1-2H3. The van der Waals surface area contributed by atoms with Crippen molar-refractivity contribution in [2.75, 3.05) is 6.61 Å². The first-order chi connectivity index (χ1) is 9.70. The summed E-state index contributed by atoms with van der Waals surface area (Å²) in [7, 11) is 0. The highest BCUT2D eigenvalue weighted by atomic mass is 32.1. The van der Waals surface area contributed by atoms with Crippen LogP contribution in [-0.2, 0) is 17.6 Å². The first-order valence-corrected chi connectivity index (χ1v) is 7.97. The molecule has 20 heavy (non-hydrogen) atoms. The van der Waals surface area contributed by atoms with Crippen LogP contribution in [0.25, 0.3) is 5.00 Å². The third kappa shape index (κ3) is 2.29. The van der Waals surface area contributed by atoms with E-state index < -0.39 is 0 Å². The topological polar surface area (TPSA) is 31.2 Å². The predicted octanol–water partition coefficient (Wildman–Crippen LogP) is 3.84. The molecule has 0 bridgehead atoms. The minimum atomic E-state index is -0.178. The van der Waals surface area contributed by atoms with Crippen molar-refractivity contribution in [1.29, 1.82) is 0 Å². The molecule has 0 aliphatic heterocycles. The molecule has 0 aromatic carbocycles. The average molecular weight is 289 g/mol. The van der Waals surface area contributed by atoms with E-state index in [1.54, 1.807) is 11.3 Å². The zero-order chi connectivity index (χ0) is 14.1. The van der Waals surface area contributed by atoms with Crippen molar-refractivity contribution in [3.8, 4) is 5.00 Å². The maximum absolute atomic E-state index is 12.3. The Bertz CT molecular complexity index is 613. The molecule has 2 heterocycles. The number of nitrogens with zero attached hydrogens (tertiary/aromatic N) is 1. The first-order valence-electron chi connectivity index (χ1n) is 7.15. The Kier molecular flexibility index (Phi) is 3.66. The van der Waals surface area contributed by atoms with Crippen LogP contribution in [0.2, 0.25) is 0 Å². The van der Waals surface area contributed by atoms with Gasteiger partial charge in [0.15, 0.2) is 0 Å². The molecule has 0 saturated heterocycles. The minimum Gasteiger partial charge on any atom is -0.462 e. The number of thiophene rings is 1. The number of rotatable bonds is 3. The van der Waals surface area contributed by atoms with Gasteiger partial charge in [0.25, 0.3) is 0 Å². The van der Waals surface area contributed by atoms with Crippen molar-refractivity contribution < 1.29 is 9.53 Å². The lowest BCUT2D eigenvalue weighted by Gasteiger charge is -2.18. The van der Waals surface area contributed by atoms with E-state index in [9.17, 15) is 4.79 Å². The lowest BCUT2D eigenvalue weighted by molar-refractivity contribution is 0.0525. The van der Waals surface area contributed by atoms with Crippen LogP contribution in [-0.4, -0.2) is 17.1 Å². The summed E-state index contributed by atoms with van der Waals surface area (Å²) in [6.45, 7) is 4.56. The molecule has 2 aromatic rings. The monoisotopic (exact) mass is 289 g/mol. The van der Waals surface area contributed by atoms with Crippen LogP contribution in [0.4, 0.5) is 0 Å². The molecule has 0 fully saturated rings. The van der Waals surface area contributed by atoms with Crippen LogP contribution in [0.5, 0.6) is 0 Å². The molecule has 1 aliphatic rings. The molecule has 1 unspecified atom stereocenters. The van der Waals surface area contributed by atoms with Gasteiger partial charge in [0, 0.05) is 17.3 Å². The molecule has 3 nitrogen and oxygen atoms in total. The number of aromatic nitrogens is 1. The van der Waals surface area contributed by atoms with E-state index in [2.05, 4.69) is 6.92 Å². The number of fused-ring (bicyclic) bond motifs is 1. The molecular formula is C16H19NO2S. The Morgan fingerprint density at radius 2 is 2.20 bits per heavy atom. The first kappa shape index (κ1) is 13.4. The Balaban J connectivity index is 2.11. The van der Waals surface area contributed by atoms with Crippen molar-refractivity contribution in [2.45, 2.75) is 33.1 Å². The summed E-state index contributed by atoms with van der Waals surface area (Å²) in [5, 5.41) is 1.01. The van der Waals surface area contributed by atoms with E-state index in [0.717, 1.165) is 29.8 Å². The third-order valence-electron chi connectivity index (χ3n) is 3.81. The maximum atomic E-state index is 12.3. The van der Waals surface area contributed by atoms with E-state index in [1.165, 1.54) is 10.4 Å². The van der Waals surface area contributed by atoms with Crippen molar-refractivity contribution in [3.05, 3.63) is 40.5 Å². The molecular weight excluding hydrogens is 270 g/mol. The molecule has 0 saturated carbocycles. The van der Waals surface area contributed by atoms with Crippen LogP contribution >= 0.6 is 11.3 Å². The number of esters is 1. The molecule has 106 valence electrons. The highest BCUT2D eigenvalue weighted by molar-refractivity contribution is 7.15. The van der Waals surface area contributed by atoms with Crippen molar-refractivity contribution in [2.24, 2.45) is 5.92 Å². The number of carbonyl (C=O) groups excluding carboxylic acids is 1. The van der Waals surface area contributed by atoms with E-state index in [-0.39, 0.29) is 5.97 Å². The largest absolute Gasteiger partial charge is 0.462 e. The van der Waals surface area contributed by atoms with Gasteiger partial charge in [0.2, 0.25) is 0 Å². The van der Waals surface area contributed by atoms with Crippen molar-refractivity contribution in [1.82, 2.24) is 4.57 Å². The summed E-state index contributed by atoms with van der Waals surface area (Å²) < 4.78 is 7.30. The predicted molar refractivity (Wildman–Crippen MR) is 80.8 cm³/mol. The molecule has 0 amide bonds. The zero-order valence-corrected chi connectivity index (χ0v) is 12.7. The summed E-state index contributed by atoms with van der Waals surface area (Å²) >= 11 is 1.74. The number of hydrogen-bond donors (Lipinski definition) is 0. The fraction of sp³-hybridized carbons (Fsp3) is 0.438. The fourth-order valence-corrected chi connectivity index (χ4v) is 4.27. The quantitative estimate of drug-likeness (QED) is 0.804. The van der Waals surface area contributed by atoms with Gasteiger partial charge >= 0.3 is 5.97 Å². The Morgan fingerprint density at radius 1 is 1.45 bits per heavy atom. The molecule has 0 spiro atoms. The van der Waals surface area contributed by atoms with Gasteiger partial charge in [-0.25, -0.2) is 4.79 Å². The van der Waals surface area contributed by atoms with Gasteiger partial charge in [-0.15, -0.1) is 11.3 Å². The van der Waals surface area contributed by atoms with Gasteiger partial charge in [-0.05, 0) is 49.8 Å². The number of hydrogen-bond acceptors (Lipinski definition) is 3. The van der Waals surface area contributed by atoms with Gasteiger partial charge < -0.3 is 9.30 Å². The summed E-state index contributed by atoms with van der Waals surface area (Å²) in [5.74, 6) is 0.525. The van der Waals surface area contributed by atoms with Crippen molar-refractivity contribution in [3.63, 3.8) is 0 Å². The minimum absolute atomic E-state index is 0.178. The molecule has 1 atom stereocenters. The van der Waals surface area contributed by atoms with Crippen LogP contribution in [0, 0.1) is 5.92 Å². The number of ether oxygens (including phenoxy) is 1. The lowest BCUT2D eigenvalue weighted by atomic mass is 9.88. The van der Waals surface area contributed by atoms with E-state index in [0.29, 0.717) is 12.5 Å². The molecule has 1 aliphatic carbocycles. The van der Waals surface area contributed by atoms with Crippen LogP contribution in [0.1, 0.15) is 41.1 Å². The van der Waals surface area contributed by atoms with E-state index in [4.69, 9.17) is 4.74 Å². The third-order valence-corrected chi connectivity index (χ3v) is 5.08. The summed E-state index contributed by atoms with van der Waals surface area (Å²) in [6, 6.07) is 3.96. The zero-order valence-electron chi connectivity index (χ0n) is 11.9. The van der Waals surface area contributed by atoms with Crippen LogP contribution < -0.4 is 0 Å². The molecule has 3 rings (SSSR count). The van der Waals surface area contributed by atoms with Gasteiger partial charge in [0.05, 0.1) is 12.2 Å². The maximum Gasteiger partial charge on any atom is 0.341 e. The molecule has 0 N–H and O–H groups in total. The second-order valence-electron chi connectivity index (χ2n) is 5.34. The normalized spacial score (nSPS) is 17.8. The van der Waals surface area contributed by atoms with Gasteiger partial charge in [-0.1, -0.05) is 6.92 Å². The molecule has 4 heteroatoms.